The van der Waals surface area contributed by atoms with Crippen LogP contribution in [0.3, 0.4) is 0 Å². The Hall–Kier alpha value is -1.14. The van der Waals surface area contributed by atoms with E-state index in [0.717, 1.165) is 37.8 Å². The van der Waals surface area contributed by atoms with E-state index in [4.69, 9.17) is 9.94 Å². The first-order valence-electron chi connectivity index (χ1n) is 10.8. The number of hydrogen-bond acceptors (Lipinski definition) is 5. The molecule has 0 aliphatic heterocycles. The molecule has 6 nitrogen and oxygen atoms in total. The van der Waals surface area contributed by atoms with E-state index in [9.17, 15) is 15.0 Å². The molecule has 6 heteroatoms. The van der Waals surface area contributed by atoms with Crippen LogP contribution >= 0.6 is 0 Å². The number of oxime groups is 1. The molecule has 0 saturated heterocycles. The number of hydrogen-bond donors (Lipinski definition) is 3. The molecule has 5 unspecified atom stereocenters. The van der Waals surface area contributed by atoms with Crippen LogP contribution in [0.4, 0.5) is 0 Å². The van der Waals surface area contributed by atoms with Gasteiger partial charge in [0, 0.05) is 5.92 Å². The average molecular weight is 384 g/mol. The Morgan fingerprint density at radius 2 is 1.89 bits per heavy atom. The molecule has 0 bridgehead atoms. The second kappa shape index (κ2) is 11.6. The molecule has 2 aliphatic rings. The SMILES string of the molecule is CCCCCCCCCC(O)CCC1C(O)CC2C(=NOCC(=O)O)CC21. The number of unbranched alkanes of at least 4 members (excludes halogenated alkanes) is 6. The van der Waals surface area contributed by atoms with Crippen molar-refractivity contribution in [3.8, 4) is 0 Å². The van der Waals surface area contributed by atoms with Crippen LogP contribution in [0.25, 0.3) is 0 Å². The molecule has 0 radical (unpaired) electrons. The Labute approximate surface area is 163 Å². The van der Waals surface area contributed by atoms with Crippen LogP contribution in [0.5, 0.6) is 0 Å². The first kappa shape index (κ1) is 22.2. The van der Waals surface area contributed by atoms with E-state index in [1.165, 1.54) is 38.5 Å². The maximum absolute atomic E-state index is 10.5. The van der Waals surface area contributed by atoms with Crippen molar-refractivity contribution in [2.45, 2.75) is 96.2 Å². The fourth-order valence-corrected chi connectivity index (χ4v) is 4.65. The Kier molecular flexibility index (Phi) is 9.56. The number of aliphatic carboxylic acids is 1. The van der Waals surface area contributed by atoms with Crippen LogP contribution in [0.2, 0.25) is 0 Å². The molecule has 3 N–H and O–H groups in total. The Morgan fingerprint density at radius 1 is 1.19 bits per heavy atom. The fourth-order valence-electron chi connectivity index (χ4n) is 4.65. The molecule has 0 amide bonds. The number of rotatable bonds is 14. The monoisotopic (exact) mass is 383 g/mol. The highest BCUT2D eigenvalue weighted by Crippen LogP contribution is 2.50. The number of fused-ring (bicyclic) bond motifs is 1. The van der Waals surface area contributed by atoms with Crippen molar-refractivity contribution in [1.29, 1.82) is 0 Å². The molecule has 2 saturated carbocycles. The number of carboxylic acid groups (broad SMARTS) is 1. The lowest BCUT2D eigenvalue weighted by molar-refractivity contribution is -0.142. The van der Waals surface area contributed by atoms with Gasteiger partial charge in [0.15, 0.2) is 0 Å². The summed E-state index contributed by atoms with van der Waals surface area (Å²) in [5.41, 5.74) is 0.881. The fraction of sp³-hybridized carbons (Fsp3) is 0.905. The summed E-state index contributed by atoms with van der Waals surface area (Å²) in [4.78, 5) is 15.3. The first-order chi connectivity index (χ1) is 13.0. The predicted octanol–water partition coefficient (Wildman–Crippen LogP) is 3.74. The normalized spacial score (nSPS) is 29.4. The molecule has 2 aliphatic carbocycles. The van der Waals surface area contributed by atoms with Crippen molar-refractivity contribution in [3.05, 3.63) is 0 Å². The van der Waals surface area contributed by atoms with Crippen LogP contribution in [-0.4, -0.2) is 45.8 Å². The van der Waals surface area contributed by atoms with E-state index >= 15 is 0 Å². The summed E-state index contributed by atoms with van der Waals surface area (Å²) in [6.45, 7) is 1.81. The highest BCUT2D eigenvalue weighted by Gasteiger charge is 2.51. The third kappa shape index (κ3) is 7.07. The minimum absolute atomic E-state index is 0.220. The first-order valence-corrected chi connectivity index (χ1v) is 10.8. The average Bonchev–Trinajstić information content (AvgIpc) is 2.86. The van der Waals surface area contributed by atoms with Gasteiger partial charge in [0.25, 0.3) is 0 Å². The smallest absolute Gasteiger partial charge is 0.344 e. The summed E-state index contributed by atoms with van der Waals surface area (Å²) in [6.07, 6.45) is 12.1. The number of carbonyl (C=O) groups is 1. The molecule has 2 fully saturated rings. The topological polar surface area (TPSA) is 99.4 Å². The van der Waals surface area contributed by atoms with Crippen molar-refractivity contribution in [2.75, 3.05) is 6.61 Å². The van der Waals surface area contributed by atoms with Gasteiger partial charge in [0.2, 0.25) is 6.61 Å². The number of carboxylic acids is 1. The molecular weight excluding hydrogens is 346 g/mol. The van der Waals surface area contributed by atoms with E-state index in [2.05, 4.69) is 12.1 Å². The van der Waals surface area contributed by atoms with Crippen LogP contribution in [0.15, 0.2) is 5.16 Å². The van der Waals surface area contributed by atoms with Crippen LogP contribution in [0.1, 0.15) is 84.0 Å². The summed E-state index contributed by atoms with van der Waals surface area (Å²) in [7, 11) is 0. The van der Waals surface area contributed by atoms with Crippen molar-refractivity contribution in [1.82, 2.24) is 0 Å². The van der Waals surface area contributed by atoms with Gasteiger partial charge in [-0.3, -0.25) is 0 Å². The maximum Gasteiger partial charge on any atom is 0.344 e. The number of nitrogens with zero attached hydrogens (tertiary/aromatic N) is 1. The molecule has 0 heterocycles. The van der Waals surface area contributed by atoms with Gasteiger partial charge in [0.1, 0.15) is 0 Å². The Balaban J connectivity index is 1.59. The summed E-state index contributed by atoms with van der Waals surface area (Å²) >= 11 is 0. The van der Waals surface area contributed by atoms with E-state index in [1.54, 1.807) is 0 Å². The largest absolute Gasteiger partial charge is 0.479 e. The standard InChI is InChI=1S/C21H37NO5/c1-2-3-4-5-6-7-8-9-15(23)10-11-16-17-12-19(18(17)13-20(16)24)22-27-14-21(25)26/h15-18,20,23-24H,2-14H2,1H3,(H,25,26). The lowest BCUT2D eigenvalue weighted by Crippen LogP contribution is -2.37. The van der Waals surface area contributed by atoms with Gasteiger partial charge in [-0.1, -0.05) is 57.0 Å². The maximum atomic E-state index is 10.5. The quantitative estimate of drug-likeness (QED) is 0.313. The third-order valence-corrected chi connectivity index (χ3v) is 6.27. The molecule has 2 rings (SSSR count). The van der Waals surface area contributed by atoms with E-state index in [1.807, 2.05) is 0 Å². The lowest BCUT2D eigenvalue weighted by atomic mass is 9.70. The lowest BCUT2D eigenvalue weighted by Gasteiger charge is -2.35. The van der Waals surface area contributed by atoms with Gasteiger partial charge in [-0.05, 0) is 43.9 Å². The van der Waals surface area contributed by atoms with Crippen LogP contribution < -0.4 is 0 Å². The molecule has 27 heavy (non-hydrogen) atoms. The summed E-state index contributed by atoms with van der Waals surface area (Å²) in [6, 6.07) is 0. The summed E-state index contributed by atoms with van der Waals surface area (Å²) < 4.78 is 0. The summed E-state index contributed by atoms with van der Waals surface area (Å²) in [5, 5.41) is 33.1. The van der Waals surface area contributed by atoms with Gasteiger partial charge in [0.05, 0.1) is 17.9 Å². The van der Waals surface area contributed by atoms with Crippen molar-refractivity contribution < 1.29 is 25.0 Å². The van der Waals surface area contributed by atoms with Crippen LogP contribution in [-0.2, 0) is 9.63 Å². The number of aliphatic hydroxyl groups is 2. The zero-order valence-electron chi connectivity index (χ0n) is 16.7. The molecule has 156 valence electrons. The predicted molar refractivity (Wildman–Crippen MR) is 105 cm³/mol. The minimum Gasteiger partial charge on any atom is -0.479 e. The van der Waals surface area contributed by atoms with Crippen molar-refractivity contribution in [3.63, 3.8) is 0 Å². The minimum atomic E-state index is -1.03. The summed E-state index contributed by atoms with van der Waals surface area (Å²) in [5.74, 6) is -0.191. The van der Waals surface area contributed by atoms with Gasteiger partial charge in [-0.2, -0.15) is 0 Å². The Bertz CT molecular complexity index is 481. The van der Waals surface area contributed by atoms with Gasteiger partial charge in [-0.25, -0.2) is 4.79 Å². The van der Waals surface area contributed by atoms with Gasteiger partial charge in [-0.15, -0.1) is 0 Å². The molecule has 5 atom stereocenters. The van der Waals surface area contributed by atoms with Gasteiger partial charge >= 0.3 is 5.97 Å². The van der Waals surface area contributed by atoms with Gasteiger partial charge < -0.3 is 20.2 Å². The molecule has 0 aromatic carbocycles. The second-order valence-electron chi connectivity index (χ2n) is 8.33. The zero-order valence-corrected chi connectivity index (χ0v) is 16.7. The molecular formula is C21H37NO5. The molecule has 0 aromatic heterocycles. The zero-order chi connectivity index (χ0) is 19.6. The van der Waals surface area contributed by atoms with E-state index in [0.29, 0.717) is 12.3 Å². The highest BCUT2D eigenvalue weighted by molar-refractivity contribution is 5.93. The second-order valence-corrected chi connectivity index (χ2v) is 8.33. The van der Waals surface area contributed by atoms with E-state index in [-0.39, 0.29) is 24.0 Å². The third-order valence-electron chi connectivity index (χ3n) is 6.27. The number of aliphatic hydroxyl groups excluding tert-OH is 2. The Morgan fingerprint density at radius 3 is 2.59 bits per heavy atom. The van der Waals surface area contributed by atoms with E-state index < -0.39 is 12.6 Å². The molecule has 0 aromatic rings. The van der Waals surface area contributed by atoms with Crippen LogP contribution in [0, 0.1) is 17.8 Å². The molecule has 0 spiro atoms. The van der Waals surface area contributed by atoms with Crippen molar-refractivity contribution in [2.24, 2.45) is 22.9 Å². The van der Waals surface area contributed by atoms with Crippen molar-refractivity contribution >= 4 is 11.7 Å². The highest BCUT2D eigenvalue weighted by atomic mass is 16.6.